The number of amides is 1. The number of hydrogen-bond acceptors (Lipinski definition) is 5. The number of halogens is 1. The Balaban J connectivity index is 1.51. The number of hydrogen-bond donors (Lipinski definition) is 1. The summed E-state index contributed by atoms with van der Waals surface area (Å²) in [5.41, 5.74) is 1.94. The molecule has 0 spiro atoms. The Morgan fingerprint density at radius 1 is 1.18 bits per heavy atom. The Hall–Kier alpha value is -3.22. The van der Waals surface area contributed by atoms with Gasteiger partial charge in [0.25, 0.3) is 5.91 Å². The molecule has 0 radical (unpaired) electrons. The maximum atomic E-state index is 13.3. The molecule has 0 fully saturated rings. The third kappa shape index (κ3) is 4.73. The first-order valence-corrected chi connectivity index (χ1v) is 8.98. The van der Waals surface area contributed by atoms with Crippen molar-refractivity contribution in [3.63, 3.8) is 0 Å². The molecule has 28 heavy (non-hydrogen) atoms. The Morgan fingerprint density at radius 3 is 2.64 bits per heavy atom. The summed E-state index contributed by atoms with van der Waals surface area (Å²) in [6, 6.07) is 15.1. The van der Waals surface area contributed by atoms with Gasteiger partial charge in [0.1, 0.15) is 5.82 Å². The molecule has 3 unspecified atom stereocenters. The van der Waals surface area contributed by atoms with Gasteiger partial charge < -0.3 is 14.9 Å². The molecule has 2 aromatic rings. The molecule has 6 nitrogen and oxygen atoms in total. The number of nitrogens with one attached hydrogen (secondary N) is 1. The van der Waals surface area contributed by atoms with Crippen LogP contribution in [0.15, 0.2) is 59.8 Å². The molecular weight excluding hydrogens is 363 g/mol. The van der Waals surface area contributed by atoms with Crippen LogP contribution in [0.1, 0.15) is 37.4 Å². The molecule has 0 bridgehead atoms. The molecule has 7 heteroatoms. The Kier molecular flexibility index (Phi) is 6.03. The van der Waals surface area contributed by atoms with Crippen LogP contribution in [0.4, 0.5) is 4.39 Å². The number of rotatable bonds is 6. The van der Waals surface area contributed by atoms with E-state index >= 15 is 0 Å². The van der Waals surface area contributed by atoms with Gasteiger partial charge in [-0.25, -0.2) is 9.18 Å². The maximum Gasteiger partial charge on any atom is 0.351 e. The topological polar surface area (TPSA) is 77.0 Å². The second kappa shape index (κ2) is 8.65. The average Bonchev–Trinajstić information content (AvgIpc) is 3.19. The molecule has 0 aliphatic carbocycles. The largest absolute Gasteiger partial charge is 0.450 e. The van der Waals surface area contributed by atoms with Crippen LogP contribution in [-0.4, -0.2) is 29.8 Å². The van der Waals surface area contributed by atoms with E-state index in [0.717, 1.165) is 5.56 Å². The minimum atomic E-state index is -0.986. The highest BCUT2D eigenvalue weighted by Crippen LogP contribution is 2.19. The van der Waals surface area contributed by atoms with E-state index < -0.39 is 29.9 Å². The molecule has 1 heterocycles. The summed E-state index contributed by atoms with van der Waals surface area (Å²) < 4.78 is 18.5. The Morgan fingerprint density at radius 2 is 1.93 bits per heavy atom. The number of carbonyl (C=O) groups excluding carboxylic acids is 2. The van der Waals surface area contributed by atoms with Crippen molar-refractivity contribution in [2.45, 2.75) is 38.5 Å². The molecule has 3 rings (SSSR count). The molecule has 0 saturated carbocycles. The van der Waals surface area contributed by atoms with Crippen LogP contribution in [0.25, 0.3) is 0 Å². The minimum absolute atomic E-state index is 0.150. The smallest absolute Gasteiger partial charge is 0.351 e. The van der Waals surface area contributed by atoms with Crippen molar-refractivity contribution < 1.29 is 23.6 Å². The number of benzene rings is 2. The Labute approximate surface area is 162 Å². The molecule has 146 valence electrons. The van der Waals surface area contributed by atoms with Crippen LogP contribution in [0.2, 0.25) is 0 Å². The molecule has 0 aromatic heterocycles. The summed E-state index contributed by atoms with van der Waals surface area (Å²) in [5, 5.41) is 6.64. The fourth-order valence-corrected chi connectivity index (χ4v) is 2.80. The van der Waals surface area contributed by atoms with Gasteiger partial charge >= 0.3 is 5.97 Å². The molecule has 1 N–H and O–H groups in total. The van der Waals surface area contributed by atoms with Crippen LogP contribution in [0.5, 0.6) is 0 Å². The van der Waals surface area contributed by atoms with Gasteiger partial charge in [-0.3, -0.25) is 4.79 Å². The van der Waals surface area contributed by atoms with E-state index in [1.165, 1.54) is 19.1 Å². The predicted molar refractivity (Wildman–Crippen MR) is 101 cm³/mol. The number of ether oxygens (including phenoxy) is 1. The first-order valence-electron chi connectivity index (χ1n) is 8.98. The second-order valence-corrected chi connectivity index (χ2v) is 6.57. The van der Waals surface area contributed by atoms with E-state index in [9.17, 15) is 14.0 Å². The van der Waals surface area contributed by atoms with Crippen LogP contribution < -0.4 is 5.32 Å². The van der Waals surface area contributed by atoms with Crippen LogP contribution in [-0.2, 0) is 19.2 Å². The fraction of sp³-hybridized carbons (Fsp3) is 0.286. The van der Waals surface area contributed by atoms with Crippen LogP contribution in [0.3, 0.4) is 0 Å². The SMILES string of the molecule is CC(OC(=O)C1CC(c2cccc(F)c2)=NO1)C(=O)NC(C)c1ccccc1. The van der Waals surface area contributed by atoms with E-state index in [4.69, 9.17) is 9.57 Å². The van der Waals surface area contributed by atoms with E-state index in [0.29, 0.717) is 11.3 Å². The van der Waals surface area contributed by atoms with E-state index in [-0.39, 0.29) is 12.5 Å². The lowest BCUT2D eigenvalue weighted by Crippen LogP contribution is -2.39. The first-order chi connectivity index (χ1) is 13.4. The zero-order chi connectivity index (χ0) is 20.1. The van der Waals surface area contributed by atoms with Gasteiger partial charge in [0, 0.05) is 12.0 Å². The van der Waals surface area contributed by atoms with Crippen molar-refractivity contribution in [1.29, 1.82) is 0 Å². The normalized spacial score (nSPS) is 17.8. The highest BCUT2D eigenvalue weighted by atomic mass is 19.1. The first kappa shape index (κ1) is 19.5. The zero-order valence-electron chi connectivity index (χ0n) is 15.6. The Bertz CT molecular complexity index is 885. The van der Waals surface area contributed by atoms with Crippen LogP contribution in [0, 0.1) is 5.82 Å². The van der Waals surface area contributed by atoms with E-state index in [2.05, 4.69) is 10.5 Å². The maximum absolute atomic E-state index is 13.3. The van der Waals surface area contributed by atoms with Gasteiger partial charge in [-0.1, -0.05) is 47.6 Å². The summed E-state index contributed by atoms with van der Waals surface area (Å²) in [6.45, 7) is 3.34. The molecule has 3 atom stereocenters. The van der Waals surface area contributed by atoms with E-state index in [1.54, 1.807) is 12.1 Å². The van der Waals surface area contributed by atoms with Gasteiger partial charge in [0.15, 0.2) is 6.10 Å². The molecule has 1 amide bonds. The predicted octanol–water partition coefficient (Wildman–Crippen LogP) is 3.13. The van der Waals surface area contributed by atoms with Gasteiger partial charge in [-0.2, -0.15) is 0 Å². The average molecular weight is 384 g/mol. The van der Waals surface area contributed by atoms with Gasteiger partial charge in [0.2, 0.25) is 6.10 Å². The number of esters is 1. The van der Waals surface area contributed by atoms with Crippen molar-refractivity contribution in [2.75, 3.05) is 0 Å². The number of oxime groups is 1. The summed E-state index contributed by atoms with van der Waals surface area (Å²) in [4.78, 5) is 29.7. The van der Waals surface area contributed by atoms with Crippen molar-refractivity contribution in [3.05, 3.63) is 71.5 Å². The van der Waals surface area contributed by atoms with Crippen molar-refractivity contribution >= 4 is 17.6 Å². The second-order valence-electron chi connectivity index (χ2n) is 6.57. The summed E-state index contributed by atoms with van der Waals surface area (Å²) in [6.07, 6.45) is -1.79. The van der Waals surface area contributed by atoms with Crippen molar-refractivity contribution in [2.24, 2.45) is 5.16 Å². The van der Waals surface area contributed by atoms with E-state index in [1.807, 2.05) is 37.3 Å². The molecule has 1 aliphatic heterocycles. The lowest BCUT2D eigenvalue weighted by molar-refractivity contribution is -0.164. The summed E-state index contributed by atoms with van der Waals surface area (Å²) in [7, 11) is 0. The molecule has 0 saturated heterocycles. The summed E-state index contributed by atoms with van der Waals surface area (Å²) >= 11 is 0. The monoisotopic (exact) mass is 384 g/mol. The molecule has 1 aliphatic rings. The third-order valence-corrected chi connectivity index (χ3v) is 4.41. The fourth-order valence-electron chi connectivity index (χ4n) is 2.80. The highest BCUT2D eigenvalue weighted by molar-refractivity contribution is 6.03. The summed E-state index contributed by atoms with van der Waals surface area (Å²) in [5.74, 6) is -1.50. The molecular formula is C21H21FN2O4. The number of carbonyl (C=O) groups is 2. The van der Waals surface area contributed by atoms with Gasteiger partial charge in [-0.15, -0.1) is 0 Å². The highest BCUT2D eigenvalue weighted by Gasteiger charge is 2.32. The quantitative estimate of drug-likeness (QED) is 0.777. The zero-order valence-corrected chi connectivity index (χ0v) is 15.6. The minimum Gasteiger partial charge on any atom is -0.450 e. The lowest BCUT2D eigenvalue weighted by atomic mass is 10.1. The lowest BCUT2D eigenvalue weighted by Gasteiger charge is -2.19. The van der Waals surface area contributed by atoms with Crippen LogP contribution >= 0.6 is 0 Å². The van der Waals surface area contributed by atoms with Gasteiger partial charge in [0.05, 0.1) is 11.8 Å². The number of nitrogens with zero attached hydrogens (tertiary/aromatic N) is 1. The molecule has 2 aromatic carbocycles. The standard InChI is InChI=1S/C21H21FN2O4/c1-13(15-7-4-3-5-8-15)23-20(25)14(2)27-21(26)19-12-18(24-28-19)16-9-6-10-17(22)11-16/h3-11,13-14,19H,12H2,1-2H3,(H,23,25). The van der Waals surface area contributed by atoms with Crippen molar-refractivity contribution in [3.8, 4) is 0 Å². The van der Waals surface area contributed by atoms with Crippen molar-refractivity contribution in [1.82, 2.24) is 5.32 Å². The third-order valence-electron chi connectivity index (χ3n) is 4.41. The van der Waals surface area contributed by atoms with Gasteiger partial charge in [-0.05, 0) is 31.5 Å².